The molecule has 0 aliphatic carbocycles. The number of rotatable bonds is 6. The smallest absolute Gasteiger partial charge is 0.238 e. The van der Waals surface area contributed by atoms with E-state index in [-0.39, 0.29) is 24.3 Å². The van der Waals surface area contributed by atoms with Crippen LogP contribution in [-0.4, -0.2) is 17.1 Å². The van der Waals surface area contributed by atoms with Crippen LogP contribution < -0.4 is 16.0 Å². The maximum absolute atomic E-state index is 12.5. The van der Waals surface area contributed by atoms with Crippen molar-refractivity contribution in [1.29, 1.82) is 0 Å². The molecule has 0 radical (unpaired) electrons. The monoisotopic (exact) mass is 451 g/mol. The van der Waals surface area contributed by atoms with Crippen molar-refractivity contribution in [2.75, 3.05) is 16.0 Å². The summed E-state index contributed by atoms with van der Waals surface area (Å²) in [7, 11) is 0. The average molecular weight is 452 g/mol. The quantitative estimate of drug-likeness (QED) is 0.432. The van der Waals surface area contributed by atoms with Gasteiger partial charge in [0.25, 0.3) is 0 Å². The van der Waals surface area contributed by atoms with E-state index >= 15 is 0 Å². The molecule has 0 fully saturated rings. The van der Waals surface area contributed by atoms with Crippen molar-refractivity contribution in [1.82, 2.24) is 0 Å². The van der Waals surface area contributed by atoms with Gasteiger partial charge in [-0.05, 0) is 55.0 Å². The molecule has 1 aliphatic rings. The molecule has 1 aliphatic heterocycles. The number of hydrogen-bond donors (Lipinski definition) is 3. The number of thioether (sulfide) groups is 1. The van der Waals surface area contributed by atoms with Gasteiger partial charge in [-0.25, -0.2) is 0 Å². The van der Waals surface area contributed by atoms with Gasteiger partial charge in [0.15, 0.2) is 0 Å². The van der Waals surface area contributed by atoms with Crippen LogP contribution in [0.4, 0.5) is 17.1 Å². The molecule has 0 bridgehead atoms. The molecule has 3 aromatic carbocycles. The van der Waals surface area contributed by atoms with E-state index in [2.05, 4.69) is 35.0 Å². The number of halogens is 1. The largest absolute Gasteiger partial charge is 0.379 e. The normalized spacial score (nSPS) is 16.1. The second-order valence-electron chi connectivity index (χ2n) is 7.34. The number of nitrogens with one attached hydrogen (secondary N) is 3. The van der Waals surface area contributed by atoms with Crippen molar-refractivity contribution in [3.8, 4) is 0 Å². The van der Waals surface area contributed by atoms with Crippen LogP contribution in [0.2, 0.25) is 5.02 Å². The summed E-state index contributed by atoms with van der Waals surface area (Å²) in [4.78, 5) is 25.8. The molecule has 0 spiro atoms. The first-order valence-electron chi connectivity index (χ1n) is 9.96. The van der Waals surface area contributed by atoms with Gasteiger partial charge >= 0.3 is 0 Å². The minimum Gasteiger partial charge on any atom is -0.379 e. The van der Waals surface area contributed by atoms with Gasteiger partial charge in [0.2, 0.25) is 11.8 Å². The van der Waals surface area contributed by atoms with Crippen LogP contribution in [0.3, 0.4) is 0 Å². The zero-order chi connectivity index (χ0) is 21.8. The van der Waals surface area contributed by atoms with Crippen LogP contribution in [0.25, 0.3) is 0 Å². The second kappa shape index (κ2) is 9.45. The minimum atomic E-state index is -0.485. The Bertz CT molecular complexity index is 1090. The lowest BCUT2D eigenvalue weighted by molar-refractivity contribution is -0.120. The van der Waals surface area contributed by atoms with E-state index in [4.69, 9.17) is 11.6 Å². The van der Waals surface area contributed by atoms with Crippen molar-refractivity contribution in [2.24, 2.45) is 0 Å². The Morgan fingerprint density at radius 2 is 1.77 bits per heavy atom. The van der Waals surface area contributed by atoms with Gasteiger partial charge in [0.05, 0.1) is 10.9 Å². The molecular weight excluding hydrogens is 430 g/mol. The third-order valence-corrected chi connectivity index (χ3v) is 6.49. The Morgan fingerprint density at radius 1 is 1.06 bits per heavy atom. The molecule has 0 aromatic heterocycles. The van der Waals surface area contributed by atoms with Crippen molar-refractivity contribution < 1.29 is 9.59 Å². The highest BCUT2D eigenvalue weighted by Gasteiger charge is 2.29. The van der Waals surface area contributed by atoms with E-state index in [9.17, 15) is 9.59 Å². The van der Waals surface area contributed by atoms with E-state index in [0.29, 0.717) is 16.4 Å². The summed E-state index contributed by atoms with van der Waals surface area (Å²) in [6, 6.07) is 23.3. The van der Waals surface area contributed by atoms with E-state index in [0.717, 1.165) is 10.6 Å². The van der Waals surface area contributed by atoms with E-state index in [1.54, 1.807) is 12.1 Å². The number of amides is 2. The third-order valence-electron chi connectivity index (χ3n) is 4.98. The van der Waals surface area contributed by atoms with Crippen molar-refractivity contribution in [3.63, 3.8) is 0 Å². The Morgan fingerprint density at radius 3 is 2.52 bits per heavy atom. The molecule has 7 heteroatoms. The molecule has 2 atom stereocenters. The number of fused-ring (bicyclic) bond motifs is 1. The summed E-state index contributed by atoms with van der Waals surface area (Å²) < 4.78 is 0. The van der Waals surface area contributed by atoms with Crippen LogP contribution in [-0.2, 0) is 9.59 Å². The fourth-order valence-electron chi connectivity index (χ4n) is 3.36. The van der Waals surface area contributed by atoms with Gasteiger partial charge in [-0.3, -0.25) is 9.59 Å². The molecule has 0 saturated carbocycles. The predicted molar refractivity (Wildman–Crippen MR) is 128 cm³/mol. The van der Waals surface area contributed by atoms with Crippen LogP contribution in [0.15, 0.2) is 77.7 Å². The number of benzene rings is 3. The first kappa shape index (κ1) is 21.3. The Balaban J connectivity index is 1.32. The highest BCUT2D eigenvalue weighted by Crippen LogP contribution is 2.38. The van der Waals surface area contributed by atoms with Crippen LogP contribution >= 0.6 is 23.4 Å². The molecule has 2 unspecified atom stereocenters. The minimum absolute atomic E-state index is 0.0869. The fourth-order valence-corrected chi connectivity index (χ4v) is 4.63. The van der Waals surface area contributed by atoms with Crippen LogP contribution in [0.5, 0.6) is 0 Å². The topological polar surface area (TPSA) is 70.2 Å². The SMILES string of the molecule is CC(Nc1ccc(NC(=O)CC2Sc3ccc(Cl)cc3NC2=O)cc1)c1ccccc1. The second-order valence-corrected chi connectivity index (χ2v) is 9.02. The lowest BCUT2D eigenvalue weighted by Crippen LogP contribution is -2.32. The molecule has 4 rings (SSSR count). The van der Waals surface area contributed by atoms with Gasteiger partial charge in [-0.2, -0.15) is 0 Å². The average Bonchev–Trinajstić information content (AvgIpc) is 2.76. The lowest BCUT2D eigenvalue weighted by Gasteiger charge is -2.23. The van der Waals surface area contributed by atoms with Gasteiger partial charge in [-0.15, -0.1) is 11.8 Å². The summed E-state index contributed by atoms with van der Waals surface area (Å²) in [5, 5.41) is 9.22. The van der Waals surface area contributed by atoms with Crippen LogP contribution in [0.1, 0.15) is 24.9 Å². The highest BCUT2D eigenvalue weighted by molar-refractivity contribution is 8.01. The van der Waals surface area contributed by atoms with Crippen molar-refractivity contribution in [2.45, 2.75) is 29.5 Å². The van der Waals surface area contributed by atoms with Crippen molar-refractivity contribution in [3.05, 3.63) is 83.4 Å². The summed E-state index contributed by atoms with van der Waals surface area (Å²) in [6.45, 7) is 2.10. The lowest BCUT2D eigenvalue weighted by atomic mass is 10.1. The fraction of sp³-hybridized carbons (Fsp3) is 0.167. The summed E-state index contributed by atoms with van der Waals surface area (Å²) in [5.41, 5.74) is 3.54. The molecule has 3 N–H and O–H groups in total. The molecule has 5 nitrogen and oxygen atoms in total. The molecule has 2 amide bonds. The molecule has 1 heterocycles. The first-order chi connectivity index (χ1) is 15.0. The number of hydrogen-bond acceptors (Lipinski definition) is 4. The van der Waals surface area contributed by atoms with Gasteiger partial charge < -0.3 is 16.0 Å². The zero-order valence-corrected chi connectivity index (χ0v) is 18.5. The van der Waals surface area contributed by atoms with Crippen molar-refractivity contribution >= 4 is 52.2 Å². The van der Waals surface area contributed by atoms with E-state index in [1.165, 1.54) is 17.3 Å². The molecule has 31 heavy (non-hydrogen) atoms. The maximum atomic E-state index is 12.5. The standard InChI is InChI=1S/C24H22ClN3O2S/c1-15(16-5-3-2-4-6-16)26-18-8-10-19(11-9-18)27-23(29)14-22-24(30)28-20-13-17(25)7-12-21(20)31-22/h2-13,15,22,26H,14H2,1H3,(H,27,29)(H,28,30). The summed E-state index contributed by atoms with van der Waals surface area (Å²) >= 11 is 7.35. The van der Waals surface area contributed by atoms with Gasteiger partial charge in [0.1, 0.15) is 0 Å². The molecule has 3 aromatic rings. The highest BCUT2D eigenvalue weighted by atomic mass is 35.5. The Kier molecular flexibility index (Phi) is 6.49. The van der Waals surface area contributed by atoms with Gasteiger partial charge in [0, 0.05) is 33.8 Å². The Labute approximate surface area is 190 Å². The zero-order valence-electron chi connectivity index (χ0n) is 16.9. The first-order valence-corrected chi connectivity index (χ1v) is 11.2. The number of anilines is 3. The Hall–Kier alpha value is -2.96. The summed E-state index contributed by atoms with van der Waals surface area (Å²) in [5.74, 6) is -0.396. The van der Waals surface area contributed by atoms with Gasteiger partial charge in [-0.1, -0.05) is 41.9 Å². The maximum Gasteiger partial charge on any atom is 0.238 e. The third kappa shape index (κ3) is 5.40. The number of carbonyl (C=O) groups is 2. The predicted octanol–water partition coefficient (Wildman–Crippen LogP) is 5.95. The molecule has 158 valence electrons. The van der Waals surface area contributed by atoms with Crippen LogP contribution in [0, 0.1) is 0 Å². The van der Waals surface area contributed by atoms with E-state index in [1.807, 2.05) is 48.5 Å². The summed E-state index contributed by atoms with van der Waals surface area (Å²) in [6.07, 6.45) is 0.0869. The molecule has 0 saturated heterocycles. The molecular formula is C24H22ClN3O2S. The van der Waals surface area contributed by atoms with E-state index < -0.39 is 5.25 Å². The number of carbonyl (C=O) groups excluding carboxylic acids is 2.